The Hall–Kier alpha value is -2.81. The van der Waals surface area contributed by atoms with E-state index in [1.807, 2.05) is 38.1 Å². The quantitative estimate of drug-likeness (QED) is 0.465. The Labute approximate surface area is 162 Å². The van der Waals surface area contributed by atoms with Gasteiger partial charge in [-0.15, -0.1) is 0 Å². The van der Waals surface area contributed by atoms with Crippen LogP contribution in [0.5, 0.6) is 0 Å². The first-order valence-corrected chi connectivity index (χ1v) is 9.29. The molecule has 0 spiro atoms. The highest BCUT2D eigenvalue weighted by molar-refractivity contribution is 9.10. The zero-order valence-electron chi connectivity index (χ0n) is 15.1. The second-order valence-corrected chi connectivity index (χ2v) is 6.98. The molecular weight excluding hydrogens is 412 g/mol. The fraction of sp³-hybridized carbons (Fsp3) is 0.278. The maximum absolute atomic E-state index is 13.1. The summed E-state index contributed by atoms with van der Waals surface area (Å²) in [5.74, 6) is 0.423. The van der Waals surface area contributed by atoms with Crippen LogP contribution < -0.4 is 11.2 Å². The van der Waals surface area contributed by atoms with E-state index in [9.17, 15) is 9.59 Å². The summed E-state index contributed by atoms with van der Waals surface area (Å²) in [4.78, 5) is 39.1. The zero-order valence-corrected chi connectivity index (χ0v) is 16.7. The fourth-order valence-corrected chi connectivity index (χ4v) is 3.88. The number of para-hydroxylation sites is 1. The van der Waals surface area contributed by atoms with Crippen molar-refractivity contribution in [2.45, 2.75) is 26.9 Å². The van der Waals surface area contributed by atoms with Crippen molar-refractivity contribution in [1.29, 1.82) is 0 Å². The predicted molar refractivity (Wildman–Crippen MR) is 106 cm³/mol. The van der Waals surface area contributed by atoms with Gasteiger partial charge in [-0.1, -0.05) is 18.2 Å². The van der Waals surface area contributed by atoms with Crippen LogP contribution in [-0.4, -0.2) is 28.7 Å². The molecule has 0 aliphatic carbocycles. The Bertz CT molecular complexity index is 1320. The lowest BCUT2D eigenvalue weighted by atomic mass is 10.2. The average molecular weight is 429 g/mol. The van der Waals surface area contributed by atoms with Crippen LogP contribution in [0.3, 0.4) is 0 Å². The van der Waals surface area contributed by atoms with Gasteiger partial charge < -0.3 is 4.57 Å². The number of aryl methyl sites for hydroxylation is 3. The summed E-state index contributed by atoms with van der Waals surface area (Å²) in [6.45, 7) is 4.35. The van der Waals surface area contributed by atoms with E-state index in [0.29, 0.717) is 28.3 Å². The van der Waals surface area contributed by atoms with Gasteiger partial charge >= 0.3 is 5.69 Å². The van der Waals surface area contributed by atoms with Gasteiger partial charge in [0, 0.05) is 24.7 Å². The standard InChI is InChI=1S/C18H17BrN6O2/c1-4-24-14-15(22-17(24)19)23(3)18(27)25(16(14)26)9-13-20-10(2)11-7-5-6-8-12(11)21-13/h5-8H,4,9H2,1-3H3. The van der Waals surface area contributed by atoms with Crippen molar-refractivity contribution >= 4 is 38.0 Å². The largest absolute Gasteiger partial charge is 0.332 e. The lowest BCUT2D eigenvalue weighted by Gasteiger charge is -2.10. The molecule has 1 aromatic carbocycles. The Morgan fingerprint density at radius 3 is 2.56 bits per heavy atom. The van der Waals surface area contributed by atoms with Crippen LogP contribution in [0, 0.1) is 6.92 Å². The molecule has 0 bridgehead atoms. The molecule has 0 saturated carbocycles. The molecule has 8 nitrogen and oxygen atoms in total. The highest BCUT2D eigenvalue weighted by Gasteiger charge is 2.19. The summed E-state index contributed by atoms with van der Waals surface area (Å²) in [7, 11) is 1.60. The van der Waals surface area contributed by atoms with Crippen molar-refractivity contribution < 1.29 is 0 Å². The van der Waals surface area contributed by atoms with Gasteiger partial charge in [-0.2, -0.15) is 0 Å². The van der Waals surface area contributed by atoms with Gasteiger partial charge in [0.1, 0.15) is 5.82 Å². The maximum Gasteiger partial charge on any atom is 0.332 e. The number of nitrogens with zero attached hydrogens (tertiary/aromatic N) is 6. The topological polar surface area (TPSA) is 87.6 Å². The molecule has 0 unspecified atom stereocenters. The minimum absolute atomic E-state index is 0.000363. The minimum atomic E-state index is -0.449. The second-order valence-electron chi connectivity index (χ2n) is 6.27. The van der Waals surface area contributed by atoms with Crippen LogP contribution in [0.15, 0.2) is 38.6 Å². The number of imidazole rings is 1. The van der Waals surface area contributed by atoms with Crippen molar-refractivity contribution in [1.82, 2.24) is 28.7 Å². The number of rotatable bonds is 3. The summed E-state index contributed by atoms with van der Waals surface area (Å²) < 4.78 is 4.79. The lowest BCUT2D eigenvalue weighted by molar-refractivity contribution is 0.631. The van der Waals surface area contributed by atoms with E-state index < -0.39 is 11.2 Å². The summed E-state index contributed by atoms with van der Waals surface area (Å²) in [5.41, 5.74) is 1.47. The SMILES string of the molecule is CCn1c(Br)nc2c1c(=O)n(Cc1nc(C)c3ccccc3n1)c(=O)n2C. The summed E-state index contributed by atoms with van der Waals surface area (Å²) in [5, 5.41) is 0.949. The molecule has 0 amide bonds. The van der Waals surface area contributed by atoms with Crippen LogP contribution in [0.2, 0.25) is 0 Å². The first-order chi connectivity index (χ1) is 12.9. The normalized spacial score (nSPS) is 11.6. The van der Waals surface area contributed by atoms with Crippen molar-refractivity contribution in [2.75, 3.05) is 0 Å². The molecule has 0 radical (unpaired) electrons. The zero-order chi connectivity index (χ0) is 19.3. The number of aromatic nitrogens is 6. The third kappa shape index (κ3) is 2.69. The molecule has 138 valence electrons. The molecule has 9 heteroatoms. The molecule has 0 fully saturated rings. The van der Waals surface area contributed by atoms with Crippen molar-refractivity contribution in [3.63, 3.8) is 0 Å². The van der Waals surface area contributed by atoms with Gasteiger partial charge in [0.25, 0.3) is 5.56 Å². The van der Waals surface area contributed by atoms with Crippen LogP contribution >= 0.6 is 15.9 Å². The van der Waals surface area contributed by atoms with E-state index in [1.165, 1.54) is 4.57 Å². The molecule has 0 aliphatic heterocycles. The van der Waals surface area contributed by atoms with Crippen LogP contribution in [0.4, 0.5) is 0 Å². The summed E-state index contributed by atoms with van der Waals surface area (Å²) >= 11 is 3.35. The first-order valence-electron chi connectivity index (χ1n) is 8.50. The van der Waals surface area contributed by atoms with E-state index in [0.717, 1.165) is 21.2 Å². The Balaban J connectivity index is 1.95. The summed E-state index contributed by atoms with van der Waals surface area (Å²) in [6, 6.07) is 7.66. The third-order valence-corrected chi connectivity index (χ3v) is 5.25. The molecule has 0 atom stereocenters. The Kier molecular flexibility index (Phi) is 4.18. The molecular formula is C18H17BrN6O2. The van der Waals surface area contributed by atoms with Gasteiger partial charge in [-0.05, 0) is 35.8 Å². The molecule has 3 heterocycles. The van der Waals surface area contributed by atoms with Gasteiger partial charge in [-0.25, -0.2) is 19.7 Å². The Morgan fingerprint density at radius 1 is 1.07 bits per heavy atom. The average Bonchev–Trinajstić information content (AvgIpc) is 3.00. The molecule has 4 rings (SSSR count). The highest BCUT2D eigenvalue weighted by Crippen LogP contribution is 2.17. The minimum Gasteiger partial charge on any atom is -0.313 e. The van der Waals surface area contributed by atoms with Crippen LogP contribution in [-0.2, 0) is 20.1 Å². The van der Waals surface area contributed by atoms with Crippen molar-refractivity contribution in [3.05, 3.63) is 61.4 Å². The molecule has 0 aliphatic rings. The van der Waals surface area contributed by atoms with Crippen molar-refractivity contribution in [2.24, 2.45) is 7.05 Å². The van der Waals surface area contributed by atoms with Crippen LogP contribution in [0.1, 0.15) is 18.4 Å². The number of benzene rings is 1. The van der Waals surface area contributed by atoms with E-state index in [1.54, 1.807) is 11.6 Å². The predicted octanol–water partition coefficient (Wildman–Crippen LogP) is 1.98. The second kappa shape index (κ2) is 6.41. The monoisotopic (exact) mass is 428 g/mol. The molecule has 0 saturated heterocycles. The van der Waals surface area contributed by atoms with Gasteiger partial charge in [0.2, 0.25) is 0 Å². The van der Waals surface area contributed by atoms with E-state index in [2.05, 4.69) is 30.9 Å². The maximum atomic E-state index is 13.1. The number of halogens is 1. The molecule has 0 N–H and O–H groups in total. The summed E-state index contributed by atoms with van der Waals surface area (Å²) in [6.07, 6.45) is 0. The van der Waals surface area contributed by atoms with Gasteiger partial charge in [-0.3, -0.25) is 13.9 Å². The Morgan fingerprint density at radius 2 is 1.81 bits per heavy atom. The van der Waals surface area contributed by atoms with Crippen molar-refractivity contribution in [3.8, 4) is 0 Å². The van der Waals surface area contributed by atoms with Gasteiger partial charge in [0.15, 0.2) is 15.9 Å². The first kappa shape index (κ1) is 17.6. The smallest absolute Gasteiger partial charge is 0.313 e. The fourth-order valence-electron chi connectivity index (χ4n) is 3.28. The highest BCUT2D eigenvalue weighted by atomic mass is 79.9. The van der Waals surface area contributed by atoms with E-state index >= 15 is 0 Å². The number of fused-ring (bicyclic) bond motifs is 2. The lowest BCUT2D eigenvalue weighted by Crippen LogP contribution is -2.40. The van der Waals surface area contributed by atoms with Gasteiger partial charge in [0.05, 0.1) is 12.1 Å². The molecule has 3 aromatic heterocycles. The number of hydrogen-bond donors (Lipinski definition) is 0. The molecule has 27 heavy (non-hydrogen) atoms. The van der Waals surface area contributed by atoms with E-state index in [-0.39, 0.29) is 6.54 Å². The molecule has 4 aromatic rings. The third-order valence-electron chi connectivity index (χ3n) is 4.64. The number of hydrogen-bond acceptors (Lipinski definition) is 5. The van der Waals surface area contributed by atoms with E-state index in [4.69, 9.17) is 0 Å². The van der Waals surface area contributed by atoms with Crippen LogP contribution in [0.25, 0.3) is 22.1 Å².